The summed E-state index contributed by atoms with van der Waals surface area (Å²) >= 11 is 0. The van der Waals surface area contributed by atoms with Gasteiger partial charge in [-0.05, 0) is 19.1 Å². The molecular formula is C11H11N3O3. The number of rotatable bonds is 3. The average molecular weight is 233 g/mol. The van der Waals surface area contributed by atoms with Crippen LogP contribution in [0.25, 0.3) is 5.69 Å². The van der Waals surface area contributed by atoms with Crippen molar-refractivity contribution in [3.05, 3.63) is 36.2 Å². The van der Waals surface area contributed by atoms with Crippen LogP contribution in [0.3, 0.4) is 0 Å². The molecule has 1 heterocycles. The predicted octanol–water partition coefficient (Wildman–Crippen LogP) is 1.16. The van der Waals surface area contributed by atoms with Crippen LogP contribution < -0.4 is 0 Å². The molecule has 0 fully saturated rings. The third-order valence-electron chi connectivity index (χ3n) is 2.45. The molecule has 88 valence electrons. The van der Waals surface area contributed by atoms with E-state index in [1.165, 1.54) is 23.9 Å². The number of carboxylic acids is 1. The summed E-state index contributed by atoms with van der Waals surface area (Å²) in [4.78, 5) is 10.8. The van der Waals surface area contributed by atoms with Crippen LogP contribution in [-0.4, -0.2) is 31.2 Å². The van der Waals surface area contributed by atoms with Gasteiger partial charge in [-0.2, -0.15) is 0 Å². The van der Waals surface area contributed by atoms with Crippen LogP contribution in [0.4, 0.5) is 0 Å². The largest absolute Gasteiger partial charge is 0.506 e. The lowest BCUT2D eigenvalue weighted by Crippen LogP contribution is -2.07. The molecule has 0 amide bonds. The van der Waals surface area contributed by atoms with Crippen molar-refractivity contribution in [3.63, 3.8) is 0 Å². The average Bonchev–Trinajstić information content (AvgIpc) is 2.77. The molecule has 6 nitrogen and oxygen atoms in total. The summed E-state index contributed by atoms with van der Waals surface area (Å²) < 4.78 is 1.35. The lowest BCUT2D eigenvalue weighted by atomic mass is 10.1. The summed E-state index contributed by atoms with van der Waals surface area (Å²) in [6.07, 6.45) is 1.49. The van der Waals surface area contributed by atoms with Gasteiger partial charge in [-0.15, -0.1) is 5.10 Å². The number of aromatic hydroxyl groups is 1. The fourth-order valence-electron chi connectivity index (χ4n) is 1.38. The number of carbonyl (C=O) groups is 1. The fraction of sp³-hybridized carbons (Fsp3) is 0.182. The second-order valence-electron chi connectivity index (χ2n) is 3.64. The van der Waals surface area contributed by atoms with Crippen LogP contribution in [0, 0.1) is 0 Å². The fourth-order valence-corrected chi connectivity index (χ4v) is 1.38. The molecule has 0 aliphatic carbocycles. The first-order chi connectivity index (χ1) is 8.09. The van der Waals surface area contributed by atoms with E-state index in [9.17, 15) is 9.90 Å². The van der Waals surface area contributed by atoms with Crippen molar-refractivity contribution < 1.29 is 15.0 Å². The van der Waals surface area contributed by atoms with E-state index in [1.807, 2.05) is 0 Å². The second-order valence-corrected chi connectivity index (χ2v) is 3.64. The molecule has 0 bridgehead atoms. The van der Waals surface area contributed by atoms with Crippen molar-refractivity contribution in [2.75, 3.05) is 0 Å². The Morgan fingerprint density at radius 1 is 1.41 bits per heavy atom. The highest BCUT2D eigenvalue weighted by Crippen LogP contribution is 2.21. The molecule has 2 N–H and O–H groups in total. The Bertz CT molecular complexity index is 550. The Hall–Kier alpha value is -2.37. The molecule has 1 aromatic heterocycles. The van der Waals surface area contributed by atoms with E-state index in [4.69, 9.17) is 5.11 Å². The molecule has 0 saturated carbocycles. The Labute approximate surface area is 97.1 Å². The number of carboxylic acid groups (broad SMARTS) is 1. The minimum Gasteiger partial charge on any atom is -0.506 e. The number of nitrogens with zero attached hydrogens (tertiary/aromatic N) is 3. The van der Waals surface area contributed by atoms with Crippen LogP contribution in [0.15, 0.2) is 30.5 Å². The SMILES string of the molecule is CC(C(=O)O)c1cn(-c2ccccc2O)nn1. The van der Waals surface area contributed by atoms with Crippen LogP contribution in [0.2, 0.25) is 0 Å². The number of hydrogen-bond donors (Lipinski definition) is 2. The first-order valence-corrected chi connectivity index (χ1v) is 5.03. The van der Waals surface area contributed by atoms with E-state index >= 15 is 0 Å². The van der Waals surface area contributed by atoms with Gasteiger partial charge in [0.2, 0.25) is 0 Å². The molecule has 6 heteroatoms. The zero-order valence-electron chi connectivity index (χ0n) is 9.11. The summed E-state index contributed by atoms with van der Waals surface area (Å²) in [5.41, 5.74) is 0.810. The van der Waals surface area contributed by atoms with Crippen molar-refractivity contribution in [1.29, 1.82) is 0 Å². The van der Waals surface area contributed by atoms with Crippen molar-refractivity contribution >= 4 is 5.97 Å². The van der Waals surface area contributed by atoms with Crippen LogP contribution in [0.1, 0.15) is 18.5 Å². The van der Waals surface area contributed by atoms with Crippen molar-refractivity contribution in [1.82, 2.24) is 15.0 Å². The normalized spacial score (nSPS) is 12.3. The van der Waals surface area contributed by atoms with Crippen LogP contribution in [-0.2, 0) is 4.79 Å². The van der Waals surface area contributed by atoms with Gasteiger partial charge < -0.3 is 10.2 Å². The number of aromatic nitrogens is 3. The summed E-state index contributed by atoms with van der Waals surface area (Å²) in [5, 5.41) is 26.0. The van der Waals surface area contributed by atoms with Gasteiger partial charge in [0.05, 0.1) is 17.8 Å². The predicted molar refractivity (Wildman–Crippen MR) is 59.1 cm³/mol. The standard InChI is InChI=1S/C11H11N3O3/c1-7(11(16)17)8-6-14(13-12-8)9-4-2-3-5-10(9)15/h2-7,15H,1H3,(H,16,17). The summed E-state index contributed by atoms with van der Waals surface area (Å²) in [5.74, 6) is -1.63. The van der Waals surface area contributed by atoms with E-state index in [0.29, 0.717) is 11.4 Å². The molecule has 0 aliphatic heterocycles. The Balaban J connectivity index is 2.37. The molecule has 2 rings (SSSR count). The zero-order valence-corrected chi connectivity index (χ0v) is 9.11. The Morgan fingerprint density at radius 2 is 2.12 bits per heavy atom. The Morgan fingerprint density at radius 3 is 2.76 bits per heavy atom. The monoisotopic (exact) mass is 233 g/mol. The highest BCUT2D eigenvalue weighted by molar-refractivity contribution is 5.74. The smallest absolute Gasteiger partial charge is 0.312 e. The zero-order chi connectivity index (χ0) is 12.4. The van der Waals surface area contributed by atoms with Gasteiger partial charge in [0.1, 0.15) is 11.4 Å². The highest BCUT2D eigenvalue weighted by Gasteiger charge is 2.18. The first-order valence-electron chi connectivity index (χ1n) is 5.03. The molecule has 0 spiro atoms. The third kappa shape index (κ3) is 2.10. The highest BCUT2D eigenvalue weighted by atomic mass is 16.4. The number of hydrogen-bond acceptors (Lipinski definition) is 4. The summed E-state index contributed by atoms with van der Waals surface area (Å²) in [7, 11) is 0. The molecule has 2 aromatic rings. The molecule has 1 aromatic carbocycles. The van der Waals surface area contributed by atoms with Gasteiger partial charge in [-0.3, -0.25) is 4.79 Å². The van der Waals surface area contributed by atoms with Crippen molar-refractivity contribution in [2.24, 2.45) is 0 Å². The molecular weight excluding hydrogens is 222 g/mol. The molecule has 0 radical (unpaired) electrons. The van der Waals surface area contributed by atoms with Gasteiger partial charge in [0.15, 0.2) is 0 Å². The van der Waals surface area contributed by atoms with Gasteiger partial charge >= 0.3 is 5.97 Å². The Kier molecular flexibility index (Phi) is 2.78. The maximum atomic E-state index is 10.8. The van der Waals surface area contributed by atoms with Crippen molar-refractivity contribution in [2.45, 2.75) is 12.8 Å². The second kappa shape index (κ2) is 4.25. The van der Waals surface area contributed by atoms with E-state index in [0.717, 1.165) is 0 Å². The van der Waals surface area contributed by atoms with Gasteiger partial charge in [0, 0.05) is 0 Å². The molecule has 17 heavy (non-hydrogen) atoms. The molecule has 1 unspecified atom stereocenters. The number of phenolic OH excluding ortho intramolecular Hbond substituents is 1. The van der Waals surface area contributed by atoms with E-state index in [2.05, 4.69) is 10.3 Å². The third-order valence-corrected chi connectivity index (χ3v) is 2.45. The molecule has 0 aliphatic rings. The molecule has 1 atom stereocenters. The quantitative estimate of drug-likeness (QED) is 0.830. The van der Waals surface area contributed by atoms with E-state index < -0.39 is 11.9 Å². The van der Waals surface area contributed by atoms with Crippen LogP contribution >= 0.6 is 0 Å². The van der Waals surface area contributed by atoms with Gasteiger partial charge in [0.25, 0.3) is 0 Å². The van der Waals surface area contributed by atoms with Gasteiger partial charge in [-0.1, -0.05) is 17.3 Å². The summed E-state index contributed by atoms with van der Waals surface area (Å²) in [6.45, 7) is 1.53. The number of para-hydroxylation sites is 2. The maximum Gasteiger partial charge on any atom is 0.312 e. The number of aliphatic carboxylic acids is 1. The summed E-state index contributed by atoms with van der Waals surface area (Å²) in [6, 6.07) is 6.63. The lowest BCUT2D eigenvalue weighted by molar-refractivity contribution is -0.138. The maximum absolute atomic E-state index is 10.8. The number of phenols is 1. The molecule has 0 saturated heterocycles. The van der Waals surface area contributed by atoms with Gasteiger partial charge in [-0.25, -0.2) is 4.68 Å². The minimum absolute atomic E-state index is 0.0620. The first kappa shape index (κ1) is 11.1. The van der Waals surface area contributed by atoms with E-state index in [-0.39, 0.29) is 5.75 Å². The van der Waals surface area contributed by atoms with E-state index in [1.54, 1.807) is 18.2 Å². The number of benzene rings is 1. The lowest BCUT2D eigenvalue weighted by Gasteiger charge is -2.02. The van der Waals surface area contributed by atoms with Crippen LogP contribution in [0.5, 0.6) is 5.75 Å². The van der Waals surface area contributed by atoms with Crippen molar-refractivity contribution in [3.8, 4) is 11.4 Å². The topological polar surface area (TPSA) is 88.2 Å². The minimum atomic E-state index is -0.964.